The molecule has 3 aromatic rings. The quantitative estimate of drug-likeness (QED) is 0.581. The second-order valence-electron chi connectivity index (χ2n) is 4.47. The Balaban J connectivity index is 1.81. The van der Waals surface area contributed by atoms with Crippen LogP contribution in [-0.4, -0.2) is 15.3 Å². The topological polar surface area (TPSA) is 73.0 Å². The van der Waals surface area contributed by atoms with E-state index < -0.39 is 0 Å². The molecule has 4 N–H and O–H groups in total. The van der Waals surface area contributed by atoms with Gasteiger partial charge >= 0.3 is 0 Å². The Hall–Kier alpha value is -2.66. The van der Waals surface area contributed by atoms with Crippen LogP contribution < -0.4 is 10.6 Å². The highest BCUT2D eigenvalue weighted by molar-refractivity contribution is 6.30. The smallest absolute Gasteiger partial charge is 0.150 e. The fraction of sp³-hybridized carbons (Fsp3) is 0. The van der Waals surface area contributed by atoms with E-state index in [9.17, 15) is 5.11 Å². The van der Waals surface area contributed by atoms with Gasteiger partial charge in [0.1, 0.15) is 17.3 Å². The Morgan fingerprint density at radius 1 is 1.00 bits per heavy atom. The highest BCUT2D eigenvalue weighted by Crippen LogP contribution is 2.28. The molecule has 0 aliphatic carbocycles. The Labute approximate surface area is 126 Å². The van der Waals surface area contributed by atoms with Gasteiger partial charge in [0.2, 0.25) is 0 Å². The van der Waals surface area contributed by atoms with E-state index in [1.807, 2.05) is 30.3 Å². The molecule has 2 aromatic carbocycles. The first kappa shape index (κ1) is 13.3. The molecule has 0 saturated heterocycles. The molecule has 0 radical (unpaired) electrons. The summed E-state index contributed by atoms with van der Waals surface area (Å²) in [6.45, 7) is 0. The number of H-pyrrole nitrogens is 1. The Morgan fingerprint density at radius 2 is 1.76 bits per heavy atom. The Bertz CT molecular complexity index is 695. The van der Waals surface area contributed by atoms with Crippen molar-refractivity contribution < 1.29 is 5.11 Å². The second kappa shape index (κ2) is 5.76. The molecule has 1 aromatic heterocycles. The molecule has 0 unspecified atom stereocenters. The minimum Gasteiger partial charge on any atom is -0.508 e. The van der Waals surface area contributed by atoms with Gasteiger partial charge in [-0.3, -0.25) is 5.10 Å². The van der Waals surface area contributed by atoms with Crippen LogP contribution in [0.1, 0.15) is 0 Å². The summed E-state index contributed by atoms with van der Waals surface area (Å²) in [4.78, 5) is 0. The third-order valence-corrected chi connectivity index (χ3v) is 3.09. The Morgan fingerprint density at radius 3 is 2.52 bits per heavy atom. The SMILES string of the molecule is Oc1cccc(Nc2[nH]ncc2Nc2cccc(Cl)c2)c1. The molecule has 1 heterocycles. The summed E-state index contributed by atoms with van der Waals surface area (Å²) >= 11 is 5.97. The Kier molecular flexibility index (Phi) is 3.66. The number of nitrogens with zero attached hydrogens (tertiary/aromatic N) is 1. The number of nitrogens with one attached hydrogen (secondary N) is 3. The number of rotatable bonds is 4. The highest BCUT2D eigenvalue weighted by Gasteiger charge is 2.06. The van der Waals surface area contributed by atoms with Gasteiger partial charge in [-0.1, -0.05) is 23.7 Å². The zero-order valence-electron chi connectivity index (χ0n) is 11.0. The third-order valence-electron chi connectivity index (χ3n) is 2.86. The zero-order chi connectivity index (χ0) is 14.7. The summed E-state index contributed by atoms with van der Waals surface area (Å²) in [5.41, 5.74) is 2.40. The van der Waals surface area contributed by atoms with Gasteiger partial charge in [0, 0.05) is 22.5 Å². The molecule has 5 nitrogen and oxygen atoms in total. The van der Waals surface area contributed by atoms with Crippen molar-refractivity contribution in [2.24, 2.45) is 0 Å². The van der Waals surface area contributed by atoms with Gasteiger partial charge in [0.25, 0.3) is 0 Å². The van der Waals surface area contributed by atoms with Gasteiger partial charge in [0.05, 0.1) is 6.20 Å². The molecule has 0 saturated carbocycles. The van der Waals surface area contributed by atoms with Crippen molar-refractivity contribution in [1.29, 1.82) is 0 Å². The van der Waals surface area contributed by atoms with Crippen LogP contribution in [0.25, 0.3) is 0 Å². The summed E-state index contributed by atoms with van der Waals surface area (Å²) in [6.07, 6.45) is 1.67. The van der Waals surface area contributed by atoms with E-state index in [0.717, 1.165) is 17.1 Å². The van der Waals surface area contributed by atoms with Gasteiger partial charge in [-0.15, -0.1) is 0 Å². The average Bonchev–Trinajstić information content (AvgIpc) is 2.86. The summed E-state index contributed by atoms with van der Waals surface area (Å²) in [7, 11) is 0. The third kappa shape index (κ3) is 3.27. The van der Waals surface area contributed by atoms with E-state index in [1.54, 1.807) is 24.4 Å². The molecule has 0 spiro atoms. The van der Waals surface area contributed by atoms with Crippen LogP contribution in [0.2, 0.25) is 5.02 Å². The maximum Gasteiger partial charge on any atom is 0.150 e. The molecule has 0 aliphatic heterocycles. The van der Waals surface area contributed by atoms with Crippen LogP contribution >= 0.6 is 11.6 Å². The van der Waals surface area contributed by atoms with Crippen molar-refractivity contribution in [3.63, 3.8) is 0 Å². The summed E-state index contributed by atoms with van der Waals surface area (Å²) in [5.74, 6) is 0.893. The molecule has 0 atom stereocenters. The second-order valence-corrected chi connectivity index (χ2v) is 4.91. The summed E-state index contributed by atoms with van der Waals surface area (Å²) in [5, 5.41) is 23.4. The summed E-state index contributed by atoms with van der Waals surface area (Å²) < 4.78 is 0. The molecule has 0 bridgehead atoms. The maximum atomic E-state index is 9.48. The number of phenolic OH excluding ortho intramolecular Hbond substituents is 1. The van der Waals surface area contributed by atoms with Crippen LogP contribution in [0.5, 0.6) is 5.75 Å². The van der Waals surface area contributed by atoms with E-state index in [4.69, 9.17) is 11.6 Å². The average molecular weight is 301 g/mol. The lowest BCUT2D eigenvalue weighted by atomic mass is 10.3. The number of phenols is 1. The maximum absolute atomic E-state index is 9.48. The molecular weight excluding hydrogens is 288 g/mol. The monoisotopic (exact) mass is 300 g/mol. The first-order chi connectivity index (χ1) is 10.2. The number of aromatic amines is 1. The van der Waals surface area contributed by atoms with E-state index >= 15 is 0 Å². The molecule has 0 amide bonds. The van der Waals surface area contributed by atoms with E-state index in [0.29, 0.717) is 10.8 Å². The van der Waals surface area contributed by atoms with Gasteiger partial charge in [-0.25, -0.2) is 0 Å². The minimum atomic E-state index is 0.198. The highest BCUT2D eigenvalue weighted by atomic mass is 35.5. The number of hydrogen-bond acceptors (Lipinski definition) is 4. The van der Waals surface area contributed by atoms with Crippen molar-refractivity contribution in [3.8, 4) is 5.75 Å². The predicted octanol–water partition coefficient (Wildman–Crippen LogP) is 4.26. The van der Waals surface area contributed by atoms with E-state index in [1.165, 1.54) is 0 Å². The van der Waals surface area contributed by atoms with Gasteiger partial charge in [-0.05, 0) is 30.3 Å². The fourth-order valence-electron chi connectivity index (χ4n) is 1.93. The number of hydrogen-bond donors (Lipinski definition) is 4. The van der Waals surface area contributed by atoms with Crippen molar-refractivity contribution in [2.45, 2.75) is 0 Å². The number of aromatic hydroxyl groups is 1. The molecule has 21 heavy (non-hydrogen) atoms. The van der Waals surface area contributed by atoms with Gasteiger partial charge in [0.15, 0.2) is 0 Å². The van der Waals surface area contributed by atoms with Crippen molar-refractivity contribution in [2.75, 3.05) is 10.6 Å². The van der Waals surface area contributed by atoms with Crippen LogP contribution in [0, 0.1) is 0 Å². The zero-order valence-corrected chi connectivity index (χ0v) is 11.7. The first-order valence-electron chi connectivity index (χ1n) is 6.33. The number of aromatic nitrogens is 2. The fourth-order valence-corrected chi connectivity index (χ4v) is 2.12. The van der Waals surface area contributed by atoms with Gasteiger partial charge < -0.3 is 15.7 Å². The van der Waals surface area contributed by atoms with Crippen LogP contribution in [-0.2, 0) is 0 Å². The lowest BCUT2D eigenvalue weighted by molar-refractivity contribution is 0.475. The molecular formula is C15H13ClN4O. The minimum absolute atomic E-state index is 0.198. The standard InChI is InChI=1S/C15H13ClN4O/c16-10-3-1-4-11(7-10)18-14-9-17-20-15(14)19-12-5-2-6-13(21)8-12/h1-9,18,21H,(H2,17,19,20). The van der Waals surface area contributed by atoms with Crippen molar-refractivity contribution >= 4 is 34.5 Å². The number of halogens is 1. The van der Waals surface area contributed by atoms with Crippen molar-refractivity contribution in [1.82, 2.24) is 10.2 Å². The predicted molar refractivity (Wildman–Crippen MR) is 84.7 cm³/mol. The molecule has 3 rings (SSSR count). The van der Waals surface area contributed by atoms with Crippen LogP contribution in [0.4, 0.5) is 22.9 Å². The lowest BCUT2D eigenvalue weighted by Crippen LogP contribution is -1.96. The molecule has 106 valence electrons. The first-order valence-corrected chi connectivity index (χ1v) is 6.70. The number of benzene rings is 2. The van der Waals surface area contributed by atoms with Gasteiger partial charge in [-0.2, -0.15) is 5.10 Å². The molecule has 0 aliphatic rings. The number of anilines is 4. The molecule has 0 fully saturated rings. The lowest BCUT2D eigenvalue weighted by Gasteiger charge is -2.09. The summed E-state index contributed by atoms with van der Waals surface area (Å²) in [6, 6.07) is 14.3. The van der Waals surface area contributed by atoms with Crippen LogP contribution in [0.3, 0.4) is 0 Å². The van der Waals surface area contributed by atoms with Crippen molar-refractivity contribution in [3.05, 3.63) is 59.8 Å². The van der Waals surface area contributed by atoms with E-state index in [2.05, 4.69) is 20.8 Å². The molecule has 6 heteroatoms. The largest absolute Gasteiger partial charge is 0.508 e. The van der Waals surface area contributed by atoms with E-state index in [-0.39, 0.29) is 5.75 Å². The normalized spacial score (nSPS) is 10.3. The van der Waals surface area contributed by atoms with Crippen LogP contribution in [0.15, 0.2) is 54.7 Å².